The Kier molecular flexibility index (Phi) is 5.78. The lowest BCUT2D eigenvalue weighted by atomic mass is 10.2. The van der Waals surface area contributed by atoms with Crippen LogP contribution in [-0.2, 0) is 16.6 Å². The average Bonchev–Trinajstić information content (AvgIpc) is 2.54. The summed E-state index contributed by atoms with van der Waals surface area (Å²) in [5.74, 6) is -1.32. The molecule has 122 valence electrons. The number of benzene rings is 1. The van der Waals surface area contributed by atoms with E-state index in [1.807, 2.05) is 0 Å². The van der Waals surface area contributed by atoms with Crippen LogP contribution in [0.25, 0.3) is 0 Å². The van der Waals surface area contributed by atoms with Gasteiger partial charge in [0.25, 0.3) is 5.91 Å². The topological polar surface area (TPSA) is 88.2 Å². The van der Waals surface area contributed by atoms with E-state index in [9.17, 15) is 17.6 Å². The molecule has 2 aromatic rings. The highest BCUT2D eigenvalue weighted by atomic mass is 32.2. The number of carbonyl (C=O) groups is 1. The van der Waals surface area contributed by atoms with E-state index >= 15 is 0 Å². The molecule has 1 amide bonds. The highest BCUT2D eigenvalue weighted by molar-refractivity contribution is 7.89. The zero-order chi connectivity index (χ0) is 16.7. The van der Waals surface area contributed by atoms with Crippen molar-refractivity contribution in [2.45, 2.75) is 6.54 Å². The Morgan fingerprint density at radius 1 is 1.22 bits per heavy atom. The van der Waals surface area contributed by atoms with Gasteiger partial charge in [0.05, 0.1) is 5.75 Å². The van der Waals surface area contributed by atoms with E-state index in [0.717, 1.165) is 11.6 Å². The van der Waals surface area contributed by atoms with Crippen molar-refractivity contribution in [3.05, 3.63) is 65.7 Å². The molecule has 0 radical (unpaired) electrons. The number of hydrogen-bond acceptors (Lipinski definition) is 4. The molecule has 0 saturated carbocycles. The lowest BCUT2D eigenvalue weighted by molar-refractivity contribution is 0.0955. The number of halogens is 1. The van der Waals surface area contributed by atoms with Gasteiger partial charge in [0, 0.05) is 31.0 Å². The first kappa shape index (κ1) is 17.0. The smallest absolute Gasteiger partial charge is 0.251 e. The third-order valence-electron chi connectivity index (χ3n) is 2.96. The summed E-state index contributed by atoms with van der Waals surface area (Å²) in [4.78, 5) is 15.6. The maximum atomic E-state index is 13.0. The molecule has 0 spiro atoms. The van der Waals surface area contributed by atoms with Crippen LogP contribution in [-0.4, -0.2) is 31.6 Å². The van der Waals surface area contributed by atoms with Crippen LogP contribution in [0.2, 0.25) is 0 Å². The monoisotopic (exact) mass is 337 g/mol. The van der Waals surface area contributed by atoms with Gasteiger partial charge in [0.2, 0.25) is 10.0 Å². The summed E-state index contributed by atoms with van der Waals surface area (Å²) in [6.07, 6.45) is 3.16. The maximum Gasteiger partial charge on any atom is 0.251 e. The van der Waals surface area contributed by atoms with E-state index < -0.39 is 21.7 Å². The first-order valence-electron chi connectivity index (χ1n) is 6.86. The van der Waals surface area contributed by atoms with Crippen LogP contribution in [0.3, 0.4) is 0 Å². The van der Waals surface area contributed by atoms with Crippen molar-refractivity contribution in [1.82, 2.24) is 15.0 Å². The molecule has 2 rings (SSSR count). The predicted molar refractivity (Wildman–Crippen MR) is 83.6 cm³/mol. The van der Waals surface area contributed by atoms with E-state index in [1.165, 1.54) is 18.2 Å². The predicted octanol–water partition coefficient (Wildman–Crippen LogP) is 1.07. The first-order chi connectivity index (χ1) is 11.0. The molecule has 0 aliphatic carbocycles. The molecule has 2 N–H and O–H groups in total. The lowest BCUT2D eigenvalue weighted by Crippen LogP contribution is -2.34. The molecular formula is C15H16FN3O3S. The minimum atomic E-state index is -3.53. The van der Waals surface area contributed by atoms with E-state index in [1.54, 1.807) is 24.5 Å². The molecule has 0 fully saturated rings. The number of amides is 1. The van der Waals surface area contributed by atoms with Gasteiger partial charge >= 0.3 is 0 Å². The minimum absolute atomic E-state index is 0.0717. The summed E-state index contributed by atoms with van der Waals surface area (Å²) in [6.45, 7) is 0.0612. The normalized spacial score (nSPS) is 11.2. The fourth-order valence-corrected chi connectivity index (χ4v) is 2.70. The zero-order valence-corrected chi connectivity index (χ0v) is 13.0. The number of rotatable bonds is 7. The van der Waals surface area contributed by atoms with Crippen LogP contribution >= 0.6 is 0 Å². The molecule has 6 nitrogen and oxygen atoms in total. The number of nitrogens with zero attached hydrogens (tertiary/aromatic N) is 1. The summed E-state index contributed by atoms with van der Waals surface area (Å²) in [5.41, 5.74) is 0.880. The van der Waals surface area contributed by atoms with Crippen LogP contribution in [0.5, 0.6) is 0 Å². The molecule has 8 heteroatoms. The van der Waals surface area contributed by atoms with Gasteiger partial charge in [-0.25, -0.2) is 17.5 Å². The molecular weight excluding hydrogens is 321 g/mol. The van der Waals surface area contributed by atoms with Gasteiger partial charge in [-0.15, -0.1) is 0 Å². The highest BCUT2D eigenvalue weighted by Gasteiger charge is 2.12. The van der Waals surface area contributed by atoms with Crippen molar-refractivity contribution in [1.29, 1.82) is 0 Å². The van der Waals surface area contributed by atoms with Crippen molar-refractivity contribution in [2.24, 2.45) is 0 Å². The van der Waals surface area contributed by atoms with E-state index in [-0.39, 0.29) is 24.4 Å². The number of nitrogens with one attached hydrogen (secondary N) is 2. The Hall–Kier alpha value is -2.32. The number of carbonyl (C=O) groups excluding carboxylic acids is 1. The maximum absolute atomic E-state index is 13.0. The highest BCUT2D eigenvalue weighted by Crippen LogP contribution is 2.03. The average molecular weight is 337 g/mol. The minimum Gasteiger partial charge on any atom is -0.351 e. The number of pyridine rings is 1. The molecule has 0 aliphatic rings. The van der Waals surface area contributed by atoms with Crippen LogP contribution in [0.4, 0.5) is 4.39 Å². The Bertz CT molecular complexity index is 767. The van der Waals surface area contributed by atoms with Crippen molar-refractivity contribution in [3.63, 3.8) is 0 Å². The van der Waals surface area contributed by atoms with Crippen molar-refractivity contribution >= 4 is 15.9 Å². The molecule has 0 aliphatic heterocycles. The van der Waals surface area contributed by atoms with Crippen LogP contribution in [0, 0.1) is 5.82 Å². The molecule has 0 unspecified atom stereocenters. The van der Waals surface area contributed by atoms with Gasteiger partial charge in [0.15, 0.2) is 0 Å². The quantitative estimate of drug-likeness (QED) is 0.791. The largest absolute Gasteiger partial charge is 0.351 e. The van der Waals surface area contributed by atoms with E-state index in [4.69, 9.17) is 0 Å². The van der Waals surface area contributed by atoms with Crippen molar-refractivity contribution in [3.8, 4) is 0 Å². The van der Waals surface area contributed by atoms with E-state index in [2.05, 4.69) is 15.0 Å². The van der Waals surface area contributed by atoms with Crippen molar-refractivity contribution < 1.29 is 17.6 Å². The third kappa shape index (κ3) is 5.76. The standard InChI is InChI=1S/C15H16FN3O3S/c16-14-5-1-4-13(9-14)15(20)18-7-8-23(21,22)19-11-12-3-2-6-17-10-12/h1-6,9-10,19H,7-8,11H2,(H,18,20). The van der Waals surface area contributed by atoms with Gasteiger partial charge < -0.3 is 5.32 Å². The fraction of sp³-hybridized carbons (Fsp3) is 0.200. The summed E-state index contributed by atoms with van der Waals surface area (Å²) < 4.78 is 39.1. The Labute approximate surface area is 133 Å². The molecule has 0 atom stereocenters. The van der Waals surface area contributed by atoms with Gasteiger partial charge in [-0.1, -0.05) is 12.1 Å². The Morgan fingerprint density at radius 3 is 2.74 bits per heavy atom. The summed E-state index contributed by atoms with van der Waals surface area (Å²) in [7, 11) is -3.53. The second-order valence-corrected chi connectivity index (χ2v) is 6.69. The van der Waals surface area contributed by atoms with Crippen LogP contribution < -0.4 is 10.0 Å². The Balaban J connectivity index is 1.79. The Morgan fingerprint density at radius 2 is 2.04 bits per heavy atom. The van der Waals surface area contributed by atoms with Gasteiger partial charge in [0.1, 0.15) is 5.82 Å². The molecule has 1 heterocycles. The summed E-state index contributed by atoms with van der Waals surface area (Å²) >= 11 is 0. The van der Waals surface area contributed by atoms with E-state index in [0.29, 0.717) is 0 Å². The molecule has 23 heavy (non-hydrogen) atoms. The molecule has 1 aromatic carbocycles. The first-order valence-corrected chi connectivity index (χ1v) is 8.51. The van der Waals surface area contributed by atoms with Crippen LogP contribution in [0.15, 0.2) is 48.8 Å². The zero-order valence-electron chi connectivity index (χ0n) is 12.2. The molecule has 0 saturated heterocycles. The summed E-state index contributed by atoms with van der Waals surface area (Å²) in [6, 6.07) is 8.64. The second-order valence-electron chi connectivity index (χ2n) is 4.77. The third-order valence-corrected chi connectivity index (χ3v) is 4.29. The number of hydrogen-bond donors (Lipinski definition) is 2. The SMILES string of the molecule is O=C(NCCS(=O)(=O)NCc1cccnc1)c1cccc(F)c1. The fourth-order valence-electron chi connectivity index (χ4n) is 1.80. The number of aromatic nitrogens is 1. The molecule has 0 bridgehead atoms. The van der Waals surface area contributed by atoms with Gasteiger partial charge in [-0.3, -0.25) is 9.78 Å². The number of sulfonamides is 1. The second kappa shape index (κ2) is 7.80. The van der Waals surface area contributed by atoms with Gasteiger partial charge in [-0.05, 0) is 29.8 Å². The van der Waals surface area contributed by atoms with Crippen LogP contribution in [0.1, 0.15) is 15.9 Å². The lowest BCUT2D eigenvalue weighted by Gasteiger charge is -2.08. The molecule has 1 aromatic heterocycles. The summed E-state index contributed by atoms with van der Waals surface area (Å²) in [5, 5.41) is 2.44. The van der Waals surface area contributed by atoms with Gasteiger partial charge in [-0.2, -0.15) is 0 Å². The van der Waals surface area contributed by atoms with Crippen molar-refractivity contribution in [2.75, 3.05) is 12.3 Å².